The van der Waals surface area contributed by atoms with Crippen molar-refractivity contribution in [1.82, 2.24) is 15.0 Å². The van der Waals surface area contributed by atoms with Crippen molar-refractivity contribution >= 4 is 0 Å². The maximum atomic E-state index is 6.10. The van der Waals surface area contributed by atoms with Gasteiger partial charge >= 0.3 is 0 Å². The highest BCUT2D eigenvalue weighted by molar-refractivity contribution is 5.01. The van der Waals surface area contributed by atoms with Crippen LogP contribution in [0.1, 0.15) is 56.8 Å². The van der Waals surface area contributed by atoms with Gasteiger partial charge in [0.05, 0.1) is 36.2 Å². The van der Waals surface area contributed by atoms with Crippen molar-refractivity contribution in [2.24, 2.45) is 5.73 Å². The molecule has 3 rings (SSSR count). The molecule has 2 aliphatic rings. The quantitative estimate of drug-likeness (QED) is 0.906. The Bertz CT molecular complexity index is 442. The average Bonchev–Trinajstić information content (AvgIpc) is 3.09. The lowest BCUT2D eigenvalue weighted by Gasteiger charge is -2.36. The van der Waals surface area contributed by atoms with E-state index in [0.717, 1.165) is 51.0 Å². The average molecular weight is 280 g/mol. The number of aromatic nitrogens is 3. The van der Waals surface area contributed by atoms with Crippen LogP contribution in [0, 0.1) is 0 Å². The summed E-state index contributed by atoms with van der Waals surface area (Å²) in [5.41, 5.74) is 6.91. The molecule has 2 saturated heterocycles. The first kappa shape index (κ1) is 14.0. The second-order valence-corrected chi connectivity index (χ2v) is 6.00. The third-order valence-corrected chi connectivity index (χ3v) is 4.42. The first-order valence-electron chi connectivity index (χ1n) is 7.61. The second kappa shape index (κ2) is 5.79. The lowest BCUT2D eigenvalue weighted by Crippen LogP contribution is -2.41. The summed E-state index contributed by atoms with van der Waals surface area (Å²) in [4.78, 5) is 0. The molecular weight excluding hydrogens is 256 g/mol. The Kier molecular flexibility index (Phi) is 4.05. The van der Waals surface area contributed by atoms with Crippen LogP contribution in [0.5, 0.6) is 0 Å². The molecule has 0 aliphatic carbocycles. The number of nitrogens with two attached hydrogens (primary N) is 1. The minimum atomic E-state index is -0.0967. The zero-order valence-electron chi connectivity index (χ0n) is 12.1. The third kappa shape index (κ3) is 2.73. The van der Waals surface area contributed by atoms with Crippen LogP contribution in [0.25, 0.3) is 0 Å². The molecule has 0 radical (unpaired) electrons. The SMILES string of the molecule is CCCC(N)c1cn(C2CCOC3(CCOC3)C2)nn1. The third-order valence-electron chi connectivity index (χ3n) is 4.42. The summed E-state index contributed by atoms with van der Waals surface area (Å²) in [6, 6.07) is 0.345. The van der Waals surface area contributed by atoms with Crippen LogP contribution in [-0.4, -0.2) is 40.4 Å². The standard InChI is InChI=1S/C14H24N4O2/c1-2-3-12(15)13-9-18(17-16-13)11-4-6-20-14(8-11)5-7-19-10-14/h9,11-12H,2-8,10,15H2,1H3. The molecule has 0 saturated carbocycles. The predicted octanol–water partition coefficient (Wildman–Crippen LogP) is 1.59. The Morgan fingerprint density at radius 3 is 3.20 bits per heavy atom. The fraction of sp³-hybridized carbons (Fsp3) is 0.857. The van der Waals surface area contributed by atoms with E-state index in [2.05, 4.69) is 17.2 Å². The predicted molar refractivity (Wildman–Crippen MR) is 74.2 cm³/mol. The van der Waals surface area contributed by atoms with Gasteiger partial charge in [-0.3, -0.25) is 0 Å². The van der Waals surface area contributed by atoms with E-state index < -0.39 is 0 Å². The Morgan fingerprint density at radius 1 is 1.55 bits per heavy atom. The van der Waals surface area contributed by atoms with Crippen molar-refractivity contribution in [3.63, 3.8) is 0 Å². The van der Waals surface area contributed by atoms with Crippen LogP contribution in [-0.2, 0) is 9.47 Å². The number of nitrogens with zero attached hydrogens (tertiary/aromatic N) is 3. The van der Waals surface area contributed by atoms with E-state index in [9.17, 15) is 0 Å². The molecule has 1 spiro atoms. The molecule has 2 N–H and O–H groups in total. The molecule has 3 unspecified atom stereocenters. The van der Waals surface area contributed by atoms with E-state index in [4.69, 9.17) is 15.2 Å². The molecule has 6 heteroatoms. The first-order valence-corrected chi connectivity index (χ1v) is 7.61. The molecule has 1 aromatic rings. The van der Waals surface area contributed by atoms with Crippen LogP contribution in [0.4, 0.5) is 0 Å². The van der Waals surface area contributed by atoms with E-state index in [1.807, 2.05) is 10.9 Å². The van der Waals surface area contributed by atoms with Crippen LogP contribution in [0.3, 0.4) is 0 Å². The molecule has 2 fully saturated rings. The summed E-state index contributed by atoms with van der Waals surface area (Å²) in [6.45, 7) is 4.41. The monoisotopic (exact) mass is 280 g/mol. The van der Waals surface area contributed by atoms with Crippen molar-refractivity contribution in [1.29, 1.82) is 0 Å². The number of hydrogen-bond donors (Lipinski definition) is 1. The summed E-state index contributed by atoms with van der Waals surface area (Å²) < 4.78 is 13.4. The lowest BCUT2D eigenvalue weighted by molar-refractivity contribution is -0.0964. The zero-order chi connectivity index (χ0) is 14.0. The number of ether oxygens (including phenoxy) is 2. The highest BCUT2D eigenvalue weighted by atomic mass is 16.6. The van der Waals surface area contributed by atoms with E-state index in [-0.39, 0.29) is 11.6 Å². The Balaban J connectivity index is 1.69. The highest BCUT2D eigenvalue weighted by Crippen LogP contribution is 2.37. The highest BCUT2D eigenvalue weighted by Gasteiger charge is 2.41. The molecule has 2 aliphatic heterocycles. The molecule has 112 valence electrons. The molecule has 1 aromatic heterocycles. The second-order valence-electron chi connectivity index (χ2n) is 6.00. The van der Waals surface area contributed by atoms with Crippen molar-refractivity contribution in [3.05, 3.63) is 11.9 Å². The smallest absolute Gasteiger partial charge is 0.0994 e. The molecule has 3 heterocycles. The Labute approximate surface area is 119 Å². The van der Waals surface area contributed by atoms with Crippen LogP contribution in [0.15, 0.2) is 6.20 Å². The van der Waals surface area contributed by atoms with Gasteiger partial charge in [0.25, 0.3) is 0 Å². The van der Waals surface area contributed by atoms with Gasteiger partial charge in [0.1, 0.15) is 0 Å². The summed E-state index contributed by atoms with van der Waals surface area (Å²) in [5, 5.41) is 8.53. The van der Waals surface area contributed by atoms with Gasteiger partial charge in [-0.05, 0) is 12.8 Å². The van der Waals surface area contributed by atoms with Gasteiger partial charge in [0, 0.05) is 26.1 Å². The van der Waals surface area contributed by atoms with Gasteiger partial charge < -0.3 is 15.2 Å². The largest absolute Gasteiger partial charge is 0.378 e. The number of hydrogen-bond acceptors (Lipinski definition) is 5. The van der Waals surface area contributed by atoms with Gasteiger partial charge in [-0.1, -0.05) is 18.6 Å². The summed E-state index contributed by atoms with van der Waals surface area (Å²) >= 11 is 0. The fourth-order valence-electron chi connectivity index (χ4n) is 3.19. The van der Waals surface area contributed by atoms with E-state index in [0.29, 0.717) is 12.6 Å². The first-order chi connectivity index (χ1) is 9.72. The van der Waals surface area contributed by atoms with Crippen molar-refractivity contribution in [2.45, 2.75) is 56.7 Å². The summed E-state index contributed by atoms with van der Waals surface area (Å²) in [6.07, 6.45) is 6.95. The van der Waals surface area contributed by atoms with E-state index >= 15 is 0 Å². The minimum Gasteiger partial charge on any atom is -0.378 e. The van der Waals surface area contributed by atoms with E-state index in [1.54, 1.807) is 0 Å². The van der Waals surface area contributed by atoms with Gasteiger partial charge in [-0.25, -0.2) is 4.68 Å². The van der Waals surface area contributed by atoms with E-state index in [1.165, 1.54) is 0 Å². The molecular formula is C14H24N4O2. The van der Waals surface area contributed by atoms with Crippen molar-refractivity contribution in [2.75, 3.05) is 19.8 Å². The van der Waals surface area contributed by atoms with Crippen LogP contribution >= 0.6 is 0 Å². The Morgan fingerprint density at radius 2 is 2.45 bits per heavy atom. The van der Waals surface area contributed by atoms with Gasteiger partial charge in [0.2, 0.25) is 0 Å². The topological polar surface area (TPSA) is 75.2 Å². The zero-order valence-corrected chi connectivity index (χ0v) is 12.1. The van der Waals surface area contributed by atoms with Gasteiger partial charge in [-0.2, -0.15) is 0 Å². The Hall–Kier alpha value is -0.980. The molecule has 20 heavy (non-hydrogen) atoms. The van der Waals surface area contributed by atoms with Crippen LogP contribution in [0.2, 0.25) is 0 Å². The van der Waals surface area contributed by atoms with Crippen molar-refractivity contribution < 1.29 is 9.47 Å². The maximum Gasteiger partial charge on any atom is 0.0994 e. The normalized spacial score (nSPS) is 31.8. The molecule has 3 atom stereocenters. The summed E-state index contributed by atoms with van der Waals surface area (Å²) in [7, 11) is 0. The molecule has 6 nitrogen and oxygen atoms in total. The molecule has 0 bridgehead atoms. The van der Waals surface area contributed by atoms with Gasteiger partial charge in [-0.15, -0.1) is 5.10 Å². The minimum absolute atomic E-state index is 0.00244. The maximum absolute atomic E-state index is 6.10. The molecule has 0 aromatic carbocycles. The fourth-order valence-corrected chi connectivity index (χ4v) is 3.19. The van der Waals surface area contributed by atoms with Crippen molar-refractivity contribution in [3.8, 4) is 0 Å². The summed E-state index contributed by atoms with van der Waals surface area (Å²) in [5.74, 6) is 0. The van der Waals surface area contributed by atoms with Gasteiger partial charge in [0.15, 0.2) is 0 Å². The number of rotatable bonds is 4. The van der Waals surface area contributed by atoms with Crippen LogP contribution < -0.4 is 5.73 Å². The lowest BCUT2D eigenvalue weighted by atomic mass is 9.90. The molecule has 0 amide bonds.